The summed E-state index contributed by atoms with van der Waals surface area (Å²) in [6.45, 7) is 1.18. The Hall–Kier alpha value is -3.27. The quantitative estimate of drug-likeness (QED) is 0.556. The number of likely N-dealkylation sites (N-methyl/N-ethyl adjacent to an activating group) is 1. The first-order valence-electron chi connectivity index (χ1n) is 9.01. The molecule has 3 aromatic rings. The molecule has 10 heteroatoms. The molecule has 0 atom stereocenters. The van der Waals surface area contributed by atoms with Gasteiger partial charge in [0.2, 0.25) is 5.91 Å². The van der Waals surface area contributed by atoms with Gasteiger partial charge in [-0.3, -0.25) is 9.59 Å². The van der Waals surface area contributed by atoms with Gasteiger partial charge in [0.25, 0.3) is 5.91 Å². The Morgan fingerprint density at radius 3 is 2.39 bits per heavy atom. The van der Waals surface area contributed by atoms with Gasteiger partial charge in [-0.15, -0.1) is 11.3 Å². The number of benzene rings is 2. The molecule has 0 saturated carbocycles. The summed E-state index contributed by atoms with van der Waals surface area (Å²) >= 11 is 1.09. The summed E-state index contributed by atoms with van der Waals surface area (Å²) in [6.07, 6.45) is -4.62. The number of halogens is 4. The maximum Gasteiger partial charge on any atom is 0.418 e. The number of thiazole rings is 1. The summed E-state index contributed by atoms with van der Waals surface area (Å²) in [5, 5.41) is 2.72. The van der Waals surface area contributed by atoms with Gasteiger partial charge >= 0.3 is 6.18 Å². The Morgan fingerprint density at radius 1 is 1.10 bits per heavy atom. The van der Waals surface area contributed by atoms with Crippen molar-refractivity contribution >= 4 is 28.8 Å². The van der Waals surface area contributed by atoms with Gasteiger partial charge in [0.1, 0.15) is 15.7 Å². The number of nitrogens with one attached hydrogen (secondary N) is 1. The van der Waals surface area contributed by atoms with Gasteiger partial charge in [-0.1, -0.05) is 12.1 Å². The standard InChI is InChI=1S/C21H17F4N3O2S/c1-12-18(31-19(26-12)13-7-9-14(22)10-8-13)20(30)28(2)11-17(29)27-16-6-4-3-5-15(16)21(23,24)25/h3-10H,11H2,1-2H3,(H,27,29). The number of para-hydroxylation sites is 1. The van der Waals surface area contributed by atoms with Gasteiger partial charge in [-0.2, -0.15) is 13.2 Å². The number of aromatic nitrogens is 1. The number of anilines is 1. The number of hydrogen-bond donors (Lipinski definition) is 1. The lowest BCUT2D eigenvalue weighted by molar-refractivity contribution is -0.137. The minimum atomic E-state index is -4.62. The van der Waals surface area contributed by atoms with E-state index in [2.05, 4.69) is 10.3 Å². The first-order valence-corrected chi connectivity index (χ1v) is 9.83. The normalized spacial score (nSPS) is 11.3. The average molecular weight is 451 g/mol. The van der Waals surface area contributed by atoms with Crippen LogP contribution in [0.5, 0.6) is 0 Å². The lowest BCUT2D eigenvalue weighted by Gasteiger charge is -2.18. The van der Waals surface area contributed by atoms with Crippen LogP contribution in [0.1, 0.15) is 20.9 Å². The van der Waals surface area contributed by atoms with Gasteiger partial charge in [0, 0.05) is 12.6 Å². The highest BCUT2D eigenvalue weighted by Crippen LogP contribution is 2.34. The molecule has 0 aliphatic carbocycles. The molecule has 0 aliphatic heterocycles. The number of amides is 2. The van der Waals surface area contributed by atoms with E-state index >= 15 is 0 Å². The van der Waals surface area contributed by atoms with E-state index in [0.29, 0.717) is 16.3 Å². The van der Waals surface area contributed by atoms with Crippen molar-refractivity contribution in [3.05, 3.63) is 70.5 Å². The van der Waals surface area contributed by atoms with Crippen LogP contribution in [0.2, 0.25) is 0 Å². The zero-order chi connectivity index (χ0) is 22.8. The Morgan fingerprint density at radius 2 is 1.74 bits per heavy atom. The van der Waals surface area contributed by atoms with E-state index in [1.165, 1.54) is 43.4 Å². The Kier molecular flexibility index (Phi) is 6.40. The second-order valence-corrected chi connectivity index (χ2v) is 7.69. The molecule has 162 valence electrons. The molecule has 1 aromatic heterocycles. The van der Waals surface area contributed by atoms with E-state index in [-0.39, 0.29) is 10.6 Å². The summed E-state index contributed by atoms with van der Waals surface area (Å²) in [5.74, 6) is -1.66. The first kappa shape index (κ1) is 22.4. The largest absolute Gasteiger partial charge is 0.418 e. The number of hydrogen-bond acceptors (Lipinski definition) is 4. The summed E-state index contributed by atoms with van der Waals surface area (Å²) in [6, 6.07) is 10.2. The summed E-state index contributed by atoms with van der Waals surface area (Å²) in [4.78, 5) is 30.7. The fraction of sp³-hybridized carbons (Fsp3) is 0.190. The van der Waals surface area contributed by atoms with Gasteiger partial charge in [-0.25, -0.2) is 9.37 Å². The monoisotopic (exact) mass is 451 g/mol. The molecule has 0 radical (unpaired) electrons. The third-order valence-electron chi connectivity index (χ3n) is 4.32. The molecule has 5 nitrogen and oxygen atoms in total. The van der Waals surface area contributed by atoms with Gasteiger partial charge in [0.05, 0.1) is 23.5 Å². The highest BCUT2D eigenvalue weighted by atomic mass is 32.1. The Balaban J connectivity index is 1.71. The van der Waals surface area contributed by atoms with Crippen molar-refractivity contribution in [2.75, 3.05) is 18.9 Å². The molecule has 1 heterocycles. The average Bonchev–Trinajstić information content (AvgIpc) is 3.09. The minimum Gasteiger partial charge on any atom is -0.332 e. The first-order chi connectivity index (χ1) is 14.6. The second kappa shape index (κ2) is 8.84. The molecule has 0 unspecified atom stereocenters. The molecule has 0 spiro atoms. The number of carbonyl (C=O) groups is 2. The number of aryl methyl sites for hydroxylation is 1. The van der Waals surface area contributed by atoms with Crippen LogP contribution >= 0.6 is 11.3 Å². The van der Waals surface area contributed by atoms with Crippen LogP contribution in [0.4, 0.5) is 23.2 Å². The molecule has 0 aliphatic rings. The maximum absolute atomic E-state index is 13.1. The van der Waals surface area contributed by atoms with Crippen molar-refractivity contribution in [3.8, 4) is 10.6 Å². The second-order valence-electron chi connectivity index (χ2n) is 6.69. The van der Waals surface area contributed by atoms with Crippen molar-refractivity contribution in [2.45, 2.75) is 13.1 Å². The SMILES string of the molecule is Cc1nc(-c2ccc(F)cc2)sc1C(=O)N(C)CC(=O)Nc1ccccc1C(F)(F)F. The third kappa shape index (κ3) is 5.26. The molecule has 2 amide bonds. The highest BCUT2D eigenvalue weighted by Gasteiger charge is 2.33. The Bertz CT molecular complexity index is 1110. The summed E-state index contributed by atoms with van der Waals surface area (Å²) in [7, 11) is 1.37. The van der Waals surface area contributed by atoms with Crippen molar-refractivity contribution < 1.29 is 27.2 Å². The van der Waals surface area contributed by atoms with Gasteiger partial charge < -0.3 is 10.2 Å². The smallest absolute Gasteiger partial charge is 0.332 e. The molecule has 0 bridgehead atoms. The minimum absolute atomic E-state index is 0.283. The van der Waals surface area contributed by atoms with Gasteiger partial charge in [0.15, 0.2) is 0 Å². The Labute approximate surface area is 179 Å². The predicted molar refractivity (Wildman–Crippen MR) is 109 cm³/mol. The fourth-order valence-corrected chi connectivity index (χ4v) is 3.87. The maximum atomic E-state index is 13.1. The molecule has 31 heavy (non-hydrogen) atoms. The van der Waals surface area contributed by atoms with Gasteiger partial charge in [-0.05, 0) is 43.3 Å². The molecular weight excluding hydrogens is 434 g/mol. The zero-order valence-corrected chi connectivity index (χ0v) is 17.3. The number of carbonyl (C=O) groups excluding carboxylic acids is 2. The lowest BCUT2D eigenvalue weighted by Crippen LogP contribution is -2.35. The molecule has 1 N–H and O–H groups in total. The van der Waals surface area contributed by atoms with E-state index in [0.717, 1.165) is 28.4 Å². The number of rotatable bonds is 5. The third-order valence-corrected chi connectivity index (χ3v) is 5.51. The molecular formula is C21H17F4N3O2S. The van der Waals surface area contributed by atoms with E-state index in [9.17, 15) is 27.2 Å². The van der Waals surface area contributed by atoms with Crippen LogP contribution in [0.15, 0.2) is 48.5 Å². The molecule has 0 saturated heterocycles. The van der Waals surface area contributed by atoms with Crippen LogP contribution in [0.3, 0.4) is 0 Å². The highest BCUT2D eigenvalue weighted by molar-refractivity contribution is 7.17. The summed E-state index contributed by atoms with van der Waals surface area (Å²) < 4.78 is 52.3. The molecule has 0 fully saturated rings. The van der Waals surface area contributed by atoms with Crippen LogP contribution in [0.25, 0.3) is 10.6 Å². The predicted octanol–water partition coefficient (Wildman–Crippen LogP) is 4.99. The van der Waals surface area contributed by atoms with E-state index in [1.54, 1.807) is 6.92 Å². The van der Waals surface area contributed by atoms with Crippen molar-refractivity contribution in [1.29, 1.82) is 0 Å². The molecule has 2 aromatic carbocycles. The summed E-state index contributed by atoms with van der Waals surface area (Å²) in [5.41, 5.74) is -0.283. The zero-order valence-electron chi connectivity index (χ0n) is 16.5. The van der Waals surface area contributed by atoms with E-state index in [1.807, 2.05) is 0 Å². The number of nitrogens with zero attached hydrogens (tertiary/aromatic N) is 2. The van der Waals surface area contributed by atoms with E-state index < -0.39 is 35.9 Å². The van der Waals surface area contributed by atoms with Crippen LogP contribution in [-0.2, 0) is 11.0 Å². The van der Waals surface area contributed by atoms with Crippen molar-refractivity contribution in [2.24, 2.45) is 0 Å². The topological polar surface area (TPSA) is 62.3 Å². The lowest BCUT2D eigenvalue weighted by atomic mass is 10.1. The van der Waals surface area contributed by atoms with E-state index in [4.69, 9.17) is 0 Å². The molecule has 3 rings (SSSR count). The van der Waals surface area contributed by atoms with Crippen LogP contribution in [-0.4, -0.2) is 35.3 Å². The van der Waals surface area contributed by atoms with Crippen LogP contribution in [0, 0.1) is 12.7 Å². The fourth-order valence-electron chi connectivity index (χ4n) is 2.80. The van der Waals surface area contributed by atoms with Crippen molar-refractivity contribution in [3.63, 3.8) is 0 Å². The number of alkyl halides is 3. The van der Waals surface area contributed by atoms with Crippen molar-refractivity contribution in [1.82, 2.24) is 9.88 Å². The van der Waals surface area contributed by atoms with Crippen LogP contribution < -0.4 is 5.32 Å².